The maximum Gasteiger partial charge on any atom is 0.244 e. The van der Waals surface area contributed by atoms with Crippen molar-refractivity contribution in [1.82, 2.24) is 4.31 Å². The first-order chi connectivity index (χ1) is 8.98. The van der Waals surface area contributed by atoms with E-state index in [4.69, 9.17) is 5.73 Å². The first-order valence-electron chi connectivity index (χ1n) is 6.45. The SMILES string of the molecule is Cc1cccc(S(=O)(=O)N2CCCC[C@@H]2CN)c1Br. The number of halogens is 1. The molecule has 4 nitrogen and oxygen atoms in total. The van der Waals surface area contributed by atoms with E-state index in [0.29, 0.717) is 22.5 Å². The smallest absolute Gasteiger partial charge is 0.244 e. The van der Waals surface area contributed by atoms with Gasteiger partial charge in [-0.1, -0.05) is 18.6 Å². The zero-order valence-corrected chi connectivity index (χ0v) is 13.4. The molecular formula is C13H19BrN2O2S. The molecule has 106 valence electrons. The summed E-state index contributed by atoms with van der Waals surface area (Å²) in [5.41, 5.74) is 6.64. The molecule has 1 saturated heterocycles. The minimum atomic E-state index is -3.47. The van der Waals surface area contributed by atoms with E-state index in [1.165, 1.54) is 0 Å². The van der Waals surface area contributed by atoms with Crippen molar-refractivity contribution in [2.24, 2.45) is 5.73 Å². The molecule has 6 heteroatoms. The highest BCUT2D eigenvalue weighted by Gasteiger charge is 2.33. The molecule has 0 spiro atoms. The van der Waals surface area contributed by atoms with Crippen LogP contribution in [0.25, 0.3) is 0 Å². The molecule has 0 bridgehead atoms. The second kappa shape index (κ2) is 5.91. The van der Waals surface area contributed by atoms with Gasteiger partial charge in [0, 0.05) is 23.6 Å². The molecule has 1 aromatic carbocycles. The molecule has 1 aliphatic heterocycles. The number of benzene rings is 1. The van der Waals surface area contributed by atoms with E-state index in [0.717, 1.165) is 24.8 Å². The number of piperidine rings is 1. The lowest BCUT2D eigenvalue weighted by atomic mass is 10.1. The second-order valence-electron chi connectivity index (χ2n) is 4.89. The Balaban J connectivity index is 2.44. The van der Waals surface area contributed by atoms with Crippen LogP contribution in [0.2, 0.25) is 0 Å². The first-order valence-corrected chi connectivity index (χ1v) is 8.69. The maximum atomic E-state index is 12.8. The van der Waals surface area contributed by atoms with E-state index in [2.05, 4.69) is 15.9 Å². The zero-order valence-electron chi connectivity index (χ0n) is 11.0. The molecular weight excluding hydrogens is 328 g/mol. The van der Waals surface area contributed by atoms with Gasteiger partial charge >= 0.3 is 0 Å². The van der Waals surface area contributed by atoms with Crippen LogP contribution in [0.5, 0.6) is 0 Å². The van der Waals surface area contributed by atoms with Crippen molar-refractivity contribution in [2.45, 2.75) is 37.1 Å². The number of nitrogens with two attached hydrogens (primary N) is 1. The fraction of sp³-hybridized carbons (Fsp3) is 0.538. The lowest BCUT2D eigenvalue weighted by Crippen LogP contribution is -2.47. The van der Waals surface area contributed by atoms with E-state index in [9.17, 15) is 8.42 Å². The van der Waals surface area contributed by atoms with Crippen molar-refractivity contribution >= 4 is 26.0 Å². The summed E-state index contributed by atoms with van der Waals surface area (Å²) in [5.74, 6) is 0. The number of hydrogen-bond donors (Lipinski definition) is 1. The molecule has 1 aromatic rings. The molecule has 0 unspecified atom stereocenters. The molecule has 0 saturated carbocycles. The van der Waals surface area contributed by atoms with Crippen LogP contribution in [0.1, 0.15) is 24.8 Å². The standard InChI is InChI=1S/C13H19BrN2O2S/c1-10-5-4-7-12(13(10)14)19(17,18)16-8-3-2-6-11(16)9-15/h4-5,7,11H,2-3,6,8-9,15H2,1H3/t11-/m1/s1. The Morgan fingerprint density at radius 3 is 2.84 bits per heavy atom. The lowest BCUT2D eigenvalue weighted by Gasteiger charge is -2.34. The normalized spacial score (nSPS) is 21.5. The molecule has 0 amide bonds. The number of sulfonamides is 1. The molecule has 0 aliphatic carbocycles. The molecule has 0 radical (unpaired) electrons. The van der Waals surface area contributed by atoms with E-state index >= 15 is 0 Å². The van der Waals surface area contributed by atoms with Crippen LogP contribution in [0.4, 0.5) is 0 Å². The average molecular weight is 347 g/mol. The predicted octanol–water partition coefficient (Wildman–Crippen LogP) is 2.26. The van der Waals surface area contributed by atoms with E-state index in [1.54, 1.807) is 16.4 Å². The second-order valence-corrected chi connectivity index (χ2v) is 7.54. The summed E-state index contributed by atoms with van der Waals surface area (Å²) < 4.78 is 27.8. The van der Waals surface area contributed by atoms with Crippen LogP contribution in [0.15, 0.2) is 27.6 Å². The highest BCUT2D eigenvalue weighted by atomic mass is 79.9. The van der Waals surface area contributed by atoms with Crippen LogP contribution in [-0.2, 0) is 10.0 Å². The van der Waals surface area contributed by atoms with E-state index in [-0.39, 0.29) is 6.04 Å². The van der Waals surface area contributed by atoms with Crippen molar-refractivity contribution in [3.8, 4) is 0 Å². The van der Waals surface area contributed by atoms with Crippen molar-refractivity contribution in [2.75, 3.05) is 13.1 Å². The van der Waals surface area contributed by atoms with Gasteiger partial charge in [-0.25, -0.2) is 8.42 Å². The summed E-state index contributed by atoms with van der Waals surface area (Å²) in [6, 6.07) is 5.23. The van der Waals surface area contributed by atoms with Gasteiger partial charge in [-0.3, -0.25) is 0 Å². The van der Waals surface area contributed by atoms with Gasteiger partial charge < -0.3 is 5.73 Å². The molecule has 0 aromatic heterocycles. The highest BCUT2D eigenvalue weighted by Crippen LogP contribution is 2.31. The summed E-state index contributed by atoms with van der Waals surface area (Å²) in [6.07, 6.45) is 2.79. The monoisotopic (exact) mass is 346 g/mol. The third-order valence-corrected chi connectivity index (χ3v) is 6.90. The van der Waals surface area contributed by atoms with Crippen LogP contribution < -0.4 is 5.73 Å². The van der Waals surface area contributed by atoms with Crippen molar-refractivity contribution < 1.29 is 8.42 Å². The summed E-state index contributed by atoms with van der Waals surface area (Å²) >= 11 is 3.39. The molecule has 2 N–H and O–H groups in total. The number of aryl methyl sites for hydroxylation is 1. The van der Waals surface area contributed by atoms with Crippen molar-refractivity contribution in [1.29, 1.82) is 0 Å². The van der Waals surface area contributed by atoms with Gasteiger partial charge in [-0.05, 0) is 47.3 Å². The Morgan fingerprint density at radius 2 is 2.16 bits per heavy atom. The van der Waals surface area contributed by atoms with Crippen molar-refractivity contribution in [3.05, 3.63) is 28.2 Å². The van der Waals surface area contributed by atoms with Gasteiger partial charge in [0.1, 0.15) is 0 Å². The molecule has 1 heterocycles. The third kappa shape index (κ3) is 2.86. The summed E-state index contributed by atoms with van der Waals surface area (Å²) in [7, 11) is -3.47. The van der Waals surface area contributed by atoms with Crippen LogP contribution in [0, 0.1) is 6.92 Å². The number of rotatable bonds is 3. The van der Waals surface area contributed by atoms with Crippen LogP contribution >= 0.6 is 15.9 Å². The Labute approximate surface area is 123 Å². The Morgan fingerprint density at radius 1 is 1.42 bits per heavy atom. The van der Waals surface area contributed by atoms with Gasteiger partial charge in [0.05, 0.1) is 4.90 Å². The molecule has 2 rings (SSSR count). The molecule has 19 heavy (non-hydrogen) atoms. The van der Waals surface area contributed by atoms with Gasteiger partial charge in [0.15, 0.2) is 0 Å². The number of nitrogens with zero attached hydrogens (tertiary/aromatic N) is 1. The summed E-state index contributed by atoms with van der Waals surface area (Å²) in [5, 5.41) is 0. The van der Waals surface area contributed by atoms with Gasteiger partial charge in [0.2, 0.25) is 10.0 Å². The van der Waals surface area contributed by atoms with Crippen LogP contribution in [0.3, 0.4) is 0 Å². The molecule has 1 aliphatic rings. The minimum Gasteiger partial charge on any atom is -0.329 e. The highest BCUT2D eigenvalue weighted by molar-refractivity contribution is 9.10. The van der Waals surface area contributed by atoms with E-state index in [1.807, 2.05) is 13.0 Å². The van der Waals surface area contributed by atoms with Gasteiger partial charge in [-0.15, -0.1) is 0 Å². The maximum absolute atomic E-state index is 12.8. The Bertz CT molecular complexity index is 560. The van der Waals surface area contributed by atoms with Gasteiger partial charge in [0.25, 0.3) is 0 Å². The Hall–Kier alpha value is -0.430. The summed E-state index contributed by atoms with van der Waals surface area (Å²) in [6.45, 7) is 2.83. The average Bonchev–Trinajstić information content (AvgIpc) is 2.41. The molecule has 1 fully saturated rings. The third-order valence-electron chi connectivity index (χ3n) is 3.59. The van der Waals surface area contributed by atoms with Crippen LogP contribution in [-0.4, -0.2) is 31.9 Å². The summed E-state index contributed by atoms with van der Waals surface area (Å²) in [4.78, 5) is 0.341. The van der Waals surface area contributed by atoms with Crippen molar-refractivity contribution in [3.63, 3.8) is 0 Å². The quantitative estimate of drug-likeness (QED) is 0.912. The number of hydrogen-bond acceptors (Lipinski definition) is 3. The fourth-order valence-corrected chi connectivity index (χ4v) is 5.19. The predicted molar refractivity (Wildman–Crippen MR) is 79.5 cm³/mol. The van der Waals surface area contributed by atoms with E-state index < -0.39 is 10.0 Å². The Kier molecular flexibility index (Phi) is 4.66. The molecule has 1 atom stereocenters. The fourth-order valence-electron chi connectivity index (χ4n) is 2.47. The van der Waals surface area contributed by atoms with Gasteiger partial charge in [-0.2, -0.15) is 4.31 Å². The lowest BCUT2D eigenvalue weighted by molar-refractivity contribution is 0.257. The first kappa shape index (κ1) is 15.0. The minimum absolute atomic E-state index is 0.0776. The largest absolute Gasteiger partial charge is 0.329 e. The zero-order chi connectivity index (χ0) is 14.0. The topological polar surface area (TPSA) is 63.4 Å².